The Morgan fingerprint density at radius 3 is 2.63 bits per heavy atom. The highest BCUT2D eigenvalue weighted by Crippen LogP contribution is 2.18. The third-order valence-electron chi connectivity index (χ3n) is 4.66. The molecule has 2 aromatic rings. The van der Waals surface area contributed by atoms with E-state index in [0.29, 0.717) is 44.6 Å². The summed E-state index contributed by atoms with van der Waals surface area (Å²) in [6.45, 7) is 7.11. The van der Waals surface area contributed by atoms with Crippen molar-refractivity contribution in [3.05, 3.63) is 54.6 Å². The smallest absolute Gasteiger partial charge is 0.280 e. The number of nitrogens with two attached hydrogens (primary N) is 1. The number of hydrogen-bond donors (Lipinski definition) is 2. The topological polar surface area (TPSA) is 111 Å². The summed E-state index contributed by atoms with van der Waals surface area (Å²) in [6.07, 6.45) is 3.10. The predicted octanol–water partition coefficient (Wildman–Crippen LogP) is 1.93. The zero-order valence-electron chi connectivity index (χ0n) is 17.4. The van der Waals surface area contributed by atoms with Gasteiger partial charge in [-0.2, -0.15) is 0 Å². The van der Waals surface area contributed by atoms with Crippen molar-refractivity contribution in [3.63, 3.8) is 0 Å². The zero-order valence-corrected chi connectivity index (χ0v) is 17.4. The molecule has 1 aliphatic rings. The molecule has 3 rings (SSSR count). The van der Waals surface area contributed by atoms with E-state index in [1.165, 1.54) is 6.33 Å². The van der Waals surface area contributed by atoms with E-state index < -0.39 is 0 Å². The third-order valence-corrected chi connectivity index (χ3v) is 4.66. The van der Waals surface area contributed by atoms with Gasteiger partial charge in [-0.1, -0.05) is 32.0 Å². The lowest BCUT2D eigenvalue weighted by Gasteiger charge is -2.35. The van der Waals surface area contributed by atoms with Gasteiger partial charge in [-0.15, -0.1) is 5.11 Å². The molecule has 1 saturated heterocycles. The van der Waals surface area contributed by atoms with Crippen LogP contribution in [0.25, 0.3) is 0 Å². The van der Waals surface area contributed by atoms with Crippen molar-refractivity contribution in [2.45, 2.75) is 13.8 Å². The molecule has 1 aliphatic heterocycles. The van der Waals surface area contributed by atoms with E-state index in [1.54, 1.807) is 16.4 Å². The van der Waals surface area contributed by atoms with Gasteiger partial charge in [0.1, 0.15) is 24.0 Å². The molecule has 1 aromatic heterocycles. The van der Waals surface area contributed by atoms with Crippen LogP contribution in [0.15, 0.2) is 59.7 Å². The van der Waals surface area contributed by atoms with E-state index in [-0.39, 0.29) is 11.6 Å². The van der Waals surface area contributed by atoms with Crippen molar-refractivity contribution in [1.82, 2.24) is 14.9 Å². The summed E-state index contributed by atoms with van der Waals surface area (Å²) in [6, 6.07) is 11.5. The van der Waals surface area contributed by atoms with Gasteiger partial charge >= 0.3 is 0 Å². The van der Waals surface area contributed by atoms with Gasteiger partial charge in [0.25, 0.3) is 5.91 Å². The molecule has 1 aromatic carbocycles. The van der Waals surface area contributed by atoms with Gasteiger partial charge in [-0.25, -0.2) is 15.5 Å². The van der Waals surface area contributed by atoms with Crippen LogP contribution in [-0.4, -0.2) is 53.6 Å². The second-order valence-corrected chi connectivity index (χ2v) is 7.44. The molecule has 30 heavy (non-hydrogen) atoms. The van der Waals surface area contributed by atoms with Gasteiger partial charge in [0, 0.05) is 32.2 Å². The number of carbonyl (C=O) groups is 1. The van der Waals surface area contributed by atoms with Crippen molar-refractivity contribution in [2.24, 2.45) is 11.0 Å². The van der Waals surface area contributed by atoms with E-state index in [4.69, 9.17) is 10.3 Å². The van der Waals surface area contributed by atoms with Gasteiger partial charge in [-0.05, 0) is 18.1 Å². The Kier molecular flexibility index (Phi) is 7.45. The van der Waals surface area contributed by atoms with E-state index in [0.717, 1.165) is 11.5 Å². The first-order chi connectivity index (χ1) is 14.6. The summed E-state index contributed by atoms with van der Waals surface area (Å²) in [5, 5.41) is 5.23. The van der Waals surface area contributed by atoms with Crippen LogP contribution in [0.4, 0.5) is 11.5 Å². The van der Waals surface area contributed by atoms with Gasteiger partial charge in [0.05, 0.1) is 6.61 Å². The van der Waals surface area contributed by atoms with E-state index in [1.807, 2.05) is 36.4 Å². The number of benzene rings is 1. The average Bonchev–Trinajstić information content (AvgIpc) is 2.79. The van der Waals surface area contributed by atoms with Crippen molar-refractivity contribution >= 4 is 17.4 Å². The molecule has 0 spiro atoms. The molecule has 0 aliphatic carbocycles. The maximum atomic E-state index is 12.8. The van der Waals surface area contributed by atoms with E-state index in [9.17, 15) is 4.79 Å². The molecule has 158 valence electrons. The molecule has 9 nitrogen and oxygen atoms in total. The fourth-order valence-corrected chi connectivity index (χ4v) is 3.03. The SMILES string of the molecule is CC(C)COc1cc(N2CCN(C(=O)/C(=C/[NH2+]c3ccccc3)N=N)CC2)ncn1. The molecular weight excluding hydrogens is 382 g/mol. The third kappa shape index (κ3) is 5.84. The summed E-state index contributed by atoms with van der Waals surface area (Å²) in [7, 11) is 0. The summed E-state index contributed by atoms with van der Waals surface area (Å²) in [5.74, 6) is 1.53. The number of anilines is 1. The Balaban J connectivity index is 1.57. The first-order valence-electron chi connectivity index (χ1n) is 10.0. The Labute approximate surface area is 176 Å². The first kappa shape index (κ1) is 21.4. The number of hydrogen-bond acceptors (Lipinski definition) is 7. The second-order valence-electron chi connectivity index (χ2n) is 7.44. The van der Waals surface area contributed by atoms with Crippen molar-refractivity contribution in [3.8, 4) is 5.88 Å². The van der Waals surface area contributed by atoms with Crippen LogP contribution in [0.1, 0.15) is 13.8 Å². The molecule has 9 heteroatoms. The highest BCUT2D eigenvalue weighted by Gasteiger charge is 2.25. The summed E-state index contributed by atoms with van der Waals surface area (Å²) >= 11 is 0. The van der Waals surface area contributed by atoms with Crippen molar-refractivity contribution in [1.29, 1.82) is 5.53 Å². The molecular formula is C21H28N7O2+. The lowest BCUT2D eigenvalue weighted by Crippen LogP contribution is -2.71. The van der Waals surface area contributed by atoms with Gasteiger partial charge in [-0.3, -0.25) is 10.1 Å². The minimum atomic E-state index is -0.236. The number of nitrogens with one attached hydrogen (secondary N) is 1. The van der Waals surface area contributed by atoms with Crippen LogP contribution < -0.4 is 15.0 Å². The minimum absolute atomic E-state index is 0.124. The zero-order chi connectivity index (χ0) is 21.3. The quantitative estimate of drug-likeness (QED) is 0.392. The maximum absolute atomic E-state index is 12.8. The second kappa shape index (κ2) is 10.4. The largest absolute Gasteiger partial charge is 0.477 e. The normalized spacial score (nSPS) is 14.7. The van der Waals surface area contributed by atoms with Crippen LogP contribution >= 0.6 is 0 Å². The molecule has 1 amide bonds. The number of carbonyl (C=O) groups excluding carboxylic acids is 1. The molecule has 0 saturated carbocycles. The average molecular weight is 411 g/mol. The molecule has 3 N–H and O–H groups in total. The number of rotatable bonds is 8. The fourth-order valence-electron chi connectivity index (χ4n) is 3.03. The first-order valence-corrected chi connectivity index (χ1v) is 10.0. The highest BCUT2D eigenvalue weighted by molar-refractivity contribution is 5.92. The lowest BCUT2D eigenvalue weighted by molar-refractivity contribution is -0.497. The van der Waals surface area contributed by atoms with Gasteiger partial charge < -0.3 is 14.5 Å². The summed E-state index contributed by atoms with van der Waals surface area (Å²) in [4.78, 5) is 25.1. The van der Waals surface area contributed by atoms with Crippen molar-refractivity contribution < 1.29 is 14.8 Å². The molecule has 0 bridgehead atoms. The monoisotopic (exact) mass is 410 g/mol. The molecule has 2 heterocycles. The van der Waals surface area contributed by atoms with Crippen LogP contribution in [0.2, 0.25) is 0 Å². The Morgan fingerprint density at radius 1 is 1.23 bits per heavy atom. The number of ether oxygens (including phenoxy) is 1. The lowest BCUT2D eigenvalue weighted by atomic mass is 10.2. The Morgan fingerprint density at radius 2 is 1.97 bits per heavy atom. The van der Waals surface area contributed by atoms with Crippen LogP contribution in [0.5, 0.6) is 5.88 Å². The predicted molar refractivity (Wildman–Crippen MR) is 112 cm³/mol. The van der Waals surface area contributed by atoms with Crippen molar-refractivity contribution in [2.75, 3.05) is 37.7 Å². The Bertz CT molecular complexity index is 878. The minimum Gasteiger partial charge on any atom is -0.477 e. The summed E-state index contributed by atoms with van der Waals surface area (Å²) < 4.78 is 5.68. The number of para-hydroxylation sites is 1. The van der Waals surface area contributed by atoms with Crippen LogP contribution in [-0.2, 0) is 4.79 Å². The highest BCUT2D eigenvalue weighted by atomic mass is 16.5. The summed E-state index contributed by atoms with van der Waals surface area (Å²) in [5.41, 5.74) is 8.47. The van der Waals surface area contributed by atoms with Gasteiger partial charge in [0.15, 0.2) is 0 Å². The molecule has 0 radical (unpaired) electrons. The Hall–Kier alpha value is -3.33. The molecule has 1 fully saturated rings. The van der Waals surface area contributed by atoms with E-state index >= 15 is 0 Å². The fraction of sp³-hybridized carbons (Fsp3) is 0.381. The van der Waals surface area contributed by atoms with Crippen LogP contribution in [0, 0.1) is 11.4 Å². The number of nitrogens with zero attached hydrogens (tertiary/aromatic N) is 5. The number of aromatic nitrogens is 2. The van der Waals surface area contributed by atoms with E-state index in [2.05, 4.69) is 33.8 Å². The van der Waals surface area contributed by atoms with Crippen LogP contribution in [0.3, 0.4) is 0 Å². The number of amides is 1. The molecule has 0 atom stereocenters. The molecule has 0 unspecified atom stereocenters. The van der Waals surface area contributed by atoms with Gasteiger partial charge in [0.2, 0.25) is 11.6 Å². The standard InChI is InChI=1S/C21H27N7O2/c1-16(2)14-30-20-12-19(24-15-25-20)27-8-10-28(11-9-27)21(29)18(26-22)13-23-17-6-4-3-5-7-17/h3-7,12-13,15-16,22-23H,8-11,14H2,1-2H3/p+1/b18-13-,26-22?. The maximum Gasteiger partial charge on any atom is 0.280 e. The number of piperazine rings is 1. The number of quaternary nitrogens is 1.